The average Bonchev–Trinajstić information content (AvgIpc) is 3.37. The molecule has 3 heterocycles. The van der Waals surface area contributed by atoms with Crippen LogP contribution in [-0.2, 0) is 17.6 Å². The van der Waals surface area contributed by atoms with Gasteiger partial charge in [-0.25, -0.2) is 0 Å². The molecule has 3 aromatic rings. The van der Waals surface area contributed by atoms with Crippen molar-refractivity contribution < 1.29 is 18.8 Å². The van der Waals surface area contributed by atoms with Gasteiger partial charge >= 0.3 is 0 Å². The minimum atomic E-state index is -0.147. The topological polar surface area (TPSA) is 64.8 Å². The van der Waals surface area contributed by atoms with Crippen molar-refractivity contribution in [2.75, 3.05) is 20.8 Å². The largest absolute Gasteiger partial charge is 0.493 e. The first kappa shape index (κ1) is 19.5. The molecular formula is C22H24N2O4S. The zero-order valence-electron chi connectivity index (χ0n) is 17.0. The highest BCUT2D eigenvalue weighted by Gasteiger charge is 2.34. The molecule has 0 fully saturated rings. The second-order valence-electron chi connectivity index (χ2n) is 7.14. The molecule has 0 aliphatic carbocycles. The van der Waals surface area contributed by atoms with Crippen LogP contribution < -0.4 is 9.47 Å². The third-order valence-electron chi connectivity index (χ3n) is 5.52. The number of methoxy groups -OCH3 is 2. The number of hydrogen-bond donors (Lipinski definition) is 0. The van der Waals surface area contributed by atoms with Crippen molar-refractivity contribution in [1.29, 1.82) is 0 Å². The monoisotopic (exact) mass is 412 g/mol. The maximum Gasteiger partial charge on any atom is 0.228 e. The maximum atomic E-state index is 13.4. The van der Waals surface area contributed by atoms with E-state index in [2.05, 4.69) is 11.2 Å². The first-order valence-corrected chi connectivity index (χ1v) is 10.4. The number of benzene rings is 1. The van der Waals surface area contributed by atoms with Gasteiger partial charge in [0, 0.05) is 17.0 Å². The van der Waals surface area contributed by atoms with Crippen molar-refractivity contribution in [3.63, 3.8) is 0 Å². The van der Waals surface area contributed by atoms with Crippen LogP contribution in [-0.4, -0.2) is 36.7 Å². The number of amides is 1. The molecule has 0 spiro atoms. The molecule has 152 valence electrons. The van der Waals surface area contributed by atoms with Gasteiger partial charge in [-0.1, -0.05) is 11.2 Å². The molecule has 1 unspecified atom stereocenters. The highest BCUT2D eigenvalue weighted by atomic mass is 32.1. The number of ether oxygens (including phenoxy) is 2. The van der Waals surface area contributed by atoms with E-state index < -0.39 is 0 Å². The molecule has 0 bridgehead atoms. The molecule has 29 heavy (non-hydrogen) atoms. The Morgan fingerprint density at radius 3 is 2.66 bits per heavy atom. The maximum absolute atomic E-state index is 13.4. The van der Waals surface area contributed by atoms with Crippen LogP contribution in [0.2, 0.25) is 0 Å². The lowest BCUT2D eigenvalue weighted by molar-refractivity contribution is -0.132. The summed E-state index contributed by atoms with van der Waals surface area (Å²) < 4.78 is 16.3. The molecule has 7 heteroatoms. The molecular weight excluding hydrogens is 388 g/mol. The van der Waals surface area contributed by atoms with Gasteiger partial charge in [0.2, 0.25) is 5.91 Å². The van der Waals surface area contributed by atoms with E-state index in [0.29, 0.717) is 23.8 Å². The SMILES string of the molecule is COc1cc2c(cc1OC)C(c1cccs1)N(C(=O)Cc1c(C)noc1C)CC2. The minimum Gasteiger partial charge on any atom is -0.493 e. The molecule has 1 aliphatic heterocycles. The molecule has 4 rings (SSSR count). The molecule has 2 aromatic heterocycles. The first-order chi connectivity index (χ1) is 14.0. The number of fused-ring (bicyclic) bond motifs is 1. The van der Waals surface area contributed by atoms with Crippen LogP contribution in [0.1, 0.15) is 39.1 Å². The van der Waals surface area contributed by atoms with Gasteiger partial charge in [-0.05, 0) is 55.0 Å². The molecule has 1 aliphatic rings. The second-order valence-corrected chi connectivity index (χ2v) is 8.12. The number of hydrogen-bond acceptors (Lipinski definition) is 6. The summed E-state index contributed by atoms with van der Waals surface area (Å²) in [5, 5.41) is 6.03. The van der Waals surface area contributed by atoms with Crippen molar-refractivity contribution in [2.24, 2.45) is 0 Å². The fraction of sp³-hybridized carbons (Fsp3) is 0.364. The molecule has 0 radical (unpaired) electrons. The van der Waals surface area contributed by atoms with Crippen molar-refractivity contribution in [2.45, 2.75) is 32.7 Å². The molecule has 1 atom stereocenters. The van der Waals surface area contributed by atoms with Gasteiger partial charge in [0.05, 0.1) is 32.4 Å². The summed E-state index contributed by atoms with van der Waals surface area (Å²) in [6, 6.07) is 7.99. The summed E-state index contributed by atoms with van der Waals surface area (Å²) in [6.45, 7) is 4.37. The molecule has 1 amide bonds. The van der Waals surface area contributed by atoms with Gasteiger partial charge in [0.15, 0.2) is 11.5 Å². The first-order valence-electron chi connectivity index (χ1n) is 9.53. The molecule has 0 saturated heterocycles. The Labute approximate surface area is 174 Å². The quantitative estimate of drug-likeness (QED) is 0.632. The molecule has 1 aromatic carbocycles. The number of nitrogens with zero attached hydrogens (tertiary/aromatic N) is 2. The van der Waals surface area contributed by atoms with Gasteiger partial charge < -0.3 is 18.9 Å². The van der Waals surface area contributed by atoms with Crippen LogP contribution in [0.15, 0.2) is 34.2 Å². The number of thiophene rings is 1. The van der Waals surface area contributed by atoms with E-state index in [1.54, 1.807) is 25.6 Å². The van der Waals surface area contributed by atoms with E-state index in [-0.39, 0.29) is 18.4 Å². The Bertz CT molecular complexity index is 1010. The lowest BCUT2D eigenvalue weighted by Gasteiger charge is -2.37. The van der Waals surface area contributed by atoms with Crippen LogP contribution in [0.3, 0.4) is 0 Å². The van der Waals surface area contributed by atoms with Crippen molar-refractivity contribution >= 4 is 17.2 Å². The minimum absolute atomic E-state index is 0.0678. The standard InChI is InChI=1S/C22H24N2O4S/c1-13-16(14(2)28-23-13)12-21(25)24-8-7-15-10-18(26-3)19(27-4)11-17(15)22(24)20-6-5-9-29-20/h5-6,9-11,22H,7-8,12H2,1-4H3. The van der Waals surface area contributed by atoms with Crippen LogP contribution in [0.25, 0.3) is 0 Å². The Morgan fingerprint density at radius 2 is 2.03 bits per heavy atom. The van der Waals surface area contributed by atoms with E-state index in [1.165, 1.54) is 5.56 Å². The lowest BCUT2D eigenvalue weighted by atomic mass is 9.90. The lowest BCUT2D eigenvalue weighted by Crippen LogP contribution is -2.41. The number of carbonyl (C=O) groups is 1. The predicted molar refractivity (Wildman–Crippen MR) is 111 cm³/mol. The number of carbonyl (C=O) groups excluding carboxylic acids is 1. The molecule has 6 nitrogen and oxygen atoms in total. The van der Waals surface area contributed by atoms with Gasteiger partial charge in [-0.15, -0.1) is 11.3 Å². The summed E-state index contributed by atoms with van der Waals surface area (Å²) >= 11 is 1.66. The summed E-state index contributed by atoms with van der Waals surface area (Å²) in [7, 11) is 3.27. The Hall–Kier alpha value is -2.80. The number of aromatic nitrogens is 1. The normalized spacial score (nSPS) is 15.9. The second kappa shape index (κ2) is 7.91. The summed E-state index contributed by atoms with van der Waals surface area (Å²) in [6.07, 6.45) is 1.05. The van der Waals surface area contributed by atoms with E-state index in [1.807, 2.05) is 42.3 Å². The number of rotatable bonds is 5. The van der Waals surface area contributed by atoms with Crippen LogP contribution in [0.4, 0.5) is 0 Å². The zero-order valence-corrected chi connectivity index (χ0v) is 17.8. The van der Waals surface area contributed by atoms with Crippen LogP contribution >= 0.6 is 11.3 Å². The van der Waals surface area contributed by atoms with E-state index >= 15 is 0 Å². The smallest absolute Gasteiger partial charge is 0.228 e. The summed E-state index contributed by atoms with van der Waals surface area (Å²) in [5.74, 6) is 2.16. The third-order valence-corrected chi connectivity index (χ3v) is 6.44. The fourth-order valence-corrected chi connectivity index (χ4v) is 4.83. The summed E-state index contributed by atoms with van der Waals surface area (Å²) in [4.78, 5) is 16.5. The molecule has 0 N–H and O–H groups in total. The Kier molecular flexibility index (Phi) is 5.32. The average molecular weight is 413 g/mol. The Morgan fingerprint density at radius 1 is 1.28 bits per heavy atom. The van der Waals surface area contributed by atoms with Crippen LogP contribution in [0, 0.1) is 13.8 Å². The van der Waals surface area contributed by atoms with Crippen molar-refractivity contribution in [3.05, 3.63) is 62.7 Å². The van der Waals surface area contributed by atoms with Crippen LogP contribution in [0.5, 0.6) is 11.5 Å². The van der Waals surface area contributed by atoms with Crippen molar-refractivity contribution in [3.8, 4) is 11.5 Å². The molecule has 0 saturated carbocycles. The van der Waals surface area contributed by atoms with E-state index in [9.17, 15) is 4.79 Å². The van der Waals surface area contributed by atoms with E-state index in [4.69, 9.17) is 14.0 Å². The van der Waals surface area contributed by atoms with E-state index in [0.717, 1.165) is 28.1 Å². The summed E-state index contributed by atoms with van der Waals surface area (Å²) in [5.41, 5.74) is 3.91. The van der Waals surface area contributed by atoms with Gasteiger partial charge in [-0.2, -0.15) is 0 Å². The highest BCUT2D eigenvalue weighted by Crippen LogP contribution is 2.42. The number of aryl methyl sites for hydroxylation is 2. The van der Waals surface area contributed by atoms with Gasteiger partial charge in [0.25, 0.3) is 0 Å². The Balaban J connectivity index is 1.75. The highest BCUT2D eigenvalue weighted by molar-refractivity contribution is 7.10. The fourth-order valence-electron chi connectivity index (χ4n) is 3.98. The van der Waals surface area contributed by atoms with Gasteiger partial charge in [-0.3, -0.25) is 4.79 Å². The van der Waals surface area contributed by atoms with Crippen molar-refractivity contribution in [1.82, 2.24) is 10.1 Å². The van der Waals surface area contributed by atoms with Gasteiger partial charge in [0.1, 0.15) is 5.76 Å². The predicted octanol–water partition coefficient (Wildman–Crippen LogP) is 4.09. The zero-order chi connectivity index (χ0) is 20.5. The third kappa shape index (κ3) is 3.51.